The average molecular weight is 366 g/mol. The predicted molar refractivity (Wildman–Crippen MR) is 101 cm³/mol. The van der Waals surface area contributed by atoms with Crippen LogP contribution in [0.1, 0.15) is 30.2 Å². The maximum absolute atomic E-state index is 10.8. The smallest absolute Gasteiger partial charge is 0.258 e. The van der Waals surface area contributed by atoms with Gasteiger partial charge in [0.05, 0.1) is 5.02 Å². The van der Waals surface area contributed by atoms with E-state index in [2.05, 4.69) is 28.6 Å². The van der Waals surface area contributed by atoms with Gasteiger partial charge in [0.15, 0.2) is 0 Å². The summed E-state index contributed by atoms with van der Waals surface area (Å²) in [6.45, 7) is 4.23. The molecule has 0 aliphatic heterocycles. The van der Waals surface area contributed by atoms with Crippen molar-refractivity contribution in [2.24, 2.45) is 0 Å². The first kappa shape index (κ1) is 16.5. The molecule has 0 atom stereocenters. The highest BCUT2D eigenvalue weighted by Gasteiger charge is 2.14. The Bertz CT molecular complexity index is 1090. The molecule has 2 heterocycles. The summed E-state index contributed by atoms with van der Waals surface area (Å²) in [4.78, 5) is 15.2. The lowest BCUT2D eigenvalue weighted by Gasteiger charge is -2.08. The molecule has 0 unspecified atom stereocenters. The van der Waals surface area contributed by atoms with Crippen molar-refractivity contribution < 1.29 is 9.32 Å². The van der Waals surface area contributed by atoms with E-state index in [0.717, 1.165) is 28.3 Å². The van der Waals surface area contributed by atoms with E-state index in [1.165, 1.54) is 0 Å². The molecule has 26 heavy (non-hydrogen) atoms. The number of rotatable bonds is 4. The fraction of sp³-hybridized carbons (Fsp3) is 0.150. The highest BCUT2D eigenvalue weighted by Crippen LogP contribution is 2.32. The Balaban J connectivity index is 1.73. The van der Waals surface area contributed by atoms with E-state index < -0.39 is 0 Å². The van der Waals surface area contributed by atoms with Gasteiger partial charge in [0.2, 0.25) is 5.82 Å². The van der Waals surface area contributed by atoms with E-state index in [-0.39, 0.29) is 0 Å². The molecule has 0 bridgehead atoms. The zero-order valence-corrected chi connectivity index (χ0v) is 15.1. The largest absolute Gasteiger partial charge is 0.343 e. The Morgan fingerprint density at radius 3 is 2.54 bits per heavy atom. The second-order valence-corrected chi connectivity index (χ2v) is 6.78. The van der Waals surface area contributed by atoms with E-state index >= 15 is 0 Å². The van der Waals surface area contributed by atoms with E-state index in [0.29, 0.717) is 28.3 Å². The maximum Gasteiger partial charge on any atom is 0.258 e. The summed E-state index contributed by atoms with van der Waals surface area (Å²) in [6, 6.07) is 13.3. The van der Waals surface area contributed by atoms with Gasteiger partial charge in [-0.1, -0.05) is 41.0 Å². The highest BCUT2D eigenvalue weighted by molar-refractivity contribution is 6.35. The van der Waals surface area contributed by atoms with Crippen LogP contribution in [0.5, 0.6) is 0 Å². The number of fused-ring (bicyclic) bond motifs is 1. The molecule has 2 aromatic heterocycles. The van der Waals surface area contributed by atoms with Crippen molar-refractivity contribution in [1.29, 1.82) is 0 Å². The molecule has 0 saturated heterocycles. The number of hydrogen-bond donors (Lipinski definition) is 0. The lowest BCUT2D eigenvalue weighted by molar-refractivity contribution is 0.112. The SMILES string of the molecule is CC(C)n1cc(Cl)c2cc(-c3nc(-c4ccc(C=O)cc4)no3)ccc21. The van der Waals surface area contributed by atoms with Gasteiger partial charge in [-0.15, -0.1) is 0 Å². The third-order valence-corrected chi connectivity index (χ3v) is 4.62. The molecule has 0 amide bonds. The standard InChI is InChI=1S/C20H16ClN3O2/c1-12(2)24-10-17(21)16-9-15(7-8-18(16)24)20-22-19(23-26-20)14-5-3-13(11-25)4-6-14/h3-12H,1-2H3. The molecule has 4 aromatic rings. The quantitative estimate of drug-likeness (QED) is 0.454. The molecule has 6 heteroatoms. The van der Waals surface area contributed by atoms with E-state index in [1.54, 1.807) is 24.3 Å². The van der Waals surface area contributed by atoms with Gasteiger partial charge in [0.1, 0.15) is 6.29 Å². The van der Waals surface area contributed by atoms with E-state index in [9.17, 15) is 4.79 Å². The van der Waals surface area contributed by atoms with Crippen molar-refractivity contribution in [3.05, 3.63) is 59.2 Å². The van der Waals surface area contributed by atoms with Crippen LogP contribution in [0.25, 0.3) is 33.7 Å². The van der Waals surface area contributed by atoms with E-state index in [1.807, 2.05) is 24.4 Å². The zero-order valence-electron chi connectivity index (χ0n) is 14.3. The Labute approximate surface area is 155 Å². The van der Waals surface area contributed by atoms with Gasteiger partial charge in [0, 0.05) is 39.8 Å². The Kier molecular flexibility index (Phi) is 4.09. The number of benzene rings is 2. The highest BCUT2D eigenvalue weighted by atomic mass is 35.5. The lowest BCUT2D eigenvalue weighted by Crippen LogP contribution is -1.97. The Hall–Kier alpha value is -2.92. The minimum Gasteiger partial charge on any atom is -0.343 e. The molecule has 0 aliphatic carbocycles. The zero-order chi connectivity index (χ0) is 18.3. The van der Waals surface area contributed by atoms with Crippen LogP contribution in [0.15, 0.2) is 53.2 Å². The molecule has 0 spiro atoms. The van der Waals surface area contributed by atoms with Crippen molar-refractivity contribution in [3.63, 3.8) is 0 Å². The fourth-order valence-electron chi connectivity index (χ4n) is 2.94. The van der Waals surface area contributed by atoms with Gasteiger partial charge in [-0.2, -0.15) is 4.98 Å². The second-order valence-electron chi connectivity index (χ2n) is 6.37. The lowest BCUT2D eigenvalue weighted by atomic mass is 10.1. The monoisotopic (exact) mass is 365 g/mol. The Morgan fingerprint density at radius 2 is 1.85 bits per heavy atom. The van der Waals surface area contributed by atoms with Gasteiger partial charge >= 0.3 is 0 Å². The summed E-state index contributed by atoms with van der Waals surface area (Å²) in [7, 11) is 0. The van der Waals surface area contributed by atoms with Gasteiger partial charge in [0.25, 0.3) is 5.89 Å². The molecule has 0 radical (unpaired) electrons. The van der Waals surface area contributed by atoms with Crippen molar-refractivity contribution in [2.75, 3.05) is 0 Å². The number of hydrogen-bond acceptors (Lipinski definition) is 4. The molecule has 2 aromatic carbocycles. The number of nitrogens with zero attached hydrogens (tertiary/aromatic N) is 3. The third kappa shape index (κ3) is 2.80. The third-order valence-electron chi connectivity index (χ3n) is 4.32. The predicted octanol–water partition coefficient (Wildman–Crippen LogP) is 5.41. The number of halogens is 1. The van der Waals surface area contributed by atoms with Gasteiger partial charge < -0.3 is 9.09 Å². The molecule has 4 rings (SSSR count). The van der Waals surface area contributed by atoms with Crippen molar-refractivity contribution >= 4 is 28.8 Å². The summed E-state index contributed by atoms with van der Waals surface area (Å²) in [5.41, 5.74) is 3.27. The molecule has 0 fully saturated rings. The minimum absolute atomic E-state index is 0.320. The second kappa shape index (κ2) is 6.42. The molecule has 0 aliphatic rings. The summed E-state index contributed by atoms with van der Waals surface area (Å²) in [5, 5.41) is 5.69. The molecule has 5 nitrogen and oxygen atoms in total. The van der Waals surface area contributed by atoms with Gasteiger partial charge in [-0.25, -0.2) is 0 Å². The van der Waals surface area contributed by atoms with Crippen molar-refractivity contribution in [2.45, 2.75) is 19.9 Å². The minimum atomic E-state index is 0.320. The summed E-state index contributed by atoms with van der Waals surface area (Å²) in [6.07, 6.45) is 2.74. The summed E-state index contributed by atoms with van der Waals surface area (Å²) in [5.74, 6) is 0.901. The van der Waals surface area contributed by atoms with Crippen LogP contribution < -0.4 is 0 Å². The number of carbonyl (C=O) groups is 1. The number of aromatic nitrogens is 3. The van der Waals surface area contributed by atoms with Crippen LogP contribution >= 0.6 is 11.6 Å². The van der Waals surface area contributed by atoms with Crippen LogP contribution in [0, 0.1) is 0 Å². The molecule has 0 N–H and O–H groups in total. The van der Waals surface area contributed by atoms with Crippen molar-refractivity contribution in [3.8, 4) is 22.8 Å². The molecule has 130 valence electrons. The fourth-order valence-corrected chi connectivity index (χ4v) is 3.20. The van der Waals surface area contributed by atoms with Crippen LogP contribution in [-0.2, 0) is 0 Å². The molecular formula is C20H16ClN3O2. The Morgan fingerprint density at radius 1 is 1.12 bits per heavy atom. The topological polar surface area (TPSA) is 60.9 Å². The van der Waals surface area contributed by atoms with Crippen molar-refractivity contribution in [1.82, 2.24) is 14.7 Å². The first-order valence-corrected chi connectivity index (χ1v) is 8.64. The molecular weight excluding hydrogens is 350 g/mol. The summed E-state index contributed by atoms with van der Waals surface area (Å²) < 4.78 is 7.56. The first-order valence-electron chi connectivity index (χ1n) is 8.26. The summed E-state index contributed by atoms with van der Waals surface area (Å²) >= 11 is 6.39. The van der Waals surface area contributed by atoms with Crippen LogP contribution in [-0.4, -0.2) is 21.0 Å². The van der Waals surface area contributed by atoms with Crippen LogP contribution in [0.4, 0.5) is 0 Å². The van der Waals surface area contributed by atoms with Crippen LogP contribution in [0.3, 0.4) is 0 Å². The average Bonchev–Trinajstić information content (AvgIpc) is 3.27. The van der Waals surface area contributed by atoms with Gasteiger partial charge in [-0.05, 0) is 32.0 Å². The normalized spacial score (nSPS) is 11.4. The number of carbonyl (C=O) groups excluding carboxylic acids is 1. The van der Waals surface area contributed by atoms with Gasteiger partial charge in [-0.3, -0.25) is 4.79 Å². The first-order chi connectivity index (χ1) is 12.6. The van der Waals surface area contributed by atoms with E-state index in [4.69, 9.17) is 16.1 Å². The maximum atomic E-state index is 10.8. The molecule has 0 saturated carbocycles. The van der Waals surface area contributed by atoms with Crippen LogP contribution in [0.2, 0.25) is 5.02 Å². The number of aldehydes is 1.